The van der Waals surface area contributed by atoms with Gasteiger partial charge in [0.2, 0.25) is 0 Å². The molecule has 1 aromatic carbocycles. The van der Waals surface area contributed by atoms with Crippen LogP contribution in [0.5, 0.6) is 0 Å². The molecule has 0 aliphatic heterocycles. The second-order valence-electron chi connectivity index (χ2n) is 5.11. The van der Waals surface area contributed by atoms with Gasteiger partial charge >= 0.3 is 0 Å². The maximum atomic E-state index is 5.40. The fraction of sp³-hybridized carbons (Fsp3) is 0.556. The summed E-state index contributed by atoms with van der Waals surface area (Å²) in [6.45, 7) is 7.66. The summed E-state index contributed by atoms with van der Waals surface area (Å²) in [5, 5.41) is 0. The summed E-state index contributed by atoms with van der Waals surface area (Å²) in [4.78, 5) is 0. The van der Waals surface area contributed by atoms with Gasteiger partial charge in [0.25, 0.3) is 0 Å². The molecular weight excluding hydrogens is 216 g/mol. The first-order chi connectivity index (χ1) is 8.86. The van der Waals surface area contributed by atoms with Crippen LogP contribution in [-0.4, -0.2) is 0 Å². The zero-order valence-corrected chi connectivity index (χ0v) is 11.8. The van der Waals surface area contributed by atoms with E-state index in [1.54, 1.807) is 6.08 Å². The maximum Gasteiger partial charge on any atom is -0.0244 e. The van der Waals surface area contributed by atoms with Crippen LogP contribution >= 0.6 is 0 Å². The Morgan fingerprint density at radius 3 is 2.00 bits per heavy atom. The van der Waals surface area contributed by atoms with Crippen molar-refractivity contribution in [3.8, 4) is 0 Å². The van der Waals surface area contributed by atoms with Crippen LogP contribution in [0, 0.1) is 6.58 Å². The van der Waals surface area contributed by atoms with E-state index in [1.165, 1.54) is 56.1 Å². The van der Waals surface area contributed by atoms with Gasteiger partial charge in [-0.15, -0.1) is 0 Å². The zero-order chi connectivity index (χ0) is 13.1. The van der Waals surface area contributed by atoms with Gasteiger partial charge in [0.05, 0.1) is 0 Å². The van der Waals surface area contributed by atoms with Crippen LogP contribution in [0.3, 0.4) is 0 Å². The van der Waals surface area contributed by atoms with Crippen molar-refractivity contribution < 1.29 is 0 Å². The Bertz CT molecular complexity index is 307. The summed E-state index contributed by atoms with van der Waals surface area (Å²) < 4.78 is 0. The highest BCUT2D eigenvalue weighted by Crippen LogP contribution is 2.12. The quantitative estimate of drug-likeness (QED) is 0.475. The second-order valence-corrected chi connectivity index (χ2v) is 5.11. The Morgan fingerprint density at radius 2 is 1.39 bits per heavy atom. The van der Waals surface area contributed by atoms with Crippen molar-refractivity contribution in [1.29, 1.82) is 0 Å². The molecule has 0 amide bonds. The van der Waals surface area contributed by atoms with Gasteiger partial charge in [0.1, 0.15) is 0 Å². The number of hydrogen-bond donors (Lipinski definition) is 0. The Hall–Kier alpha value is -1.04. The van der Waals surface area contributed by atoms with Gasteiger partial charge in [0, 0.05) is 0 Å². The molecule has 0 heteroatoms. The van der Waals surface area contributed by atoms with Crippen LogP contribution in [-0.2, 0) is 12.8 Å². The topological polar surface area (TPSA) is 0 Å². The minimum atomic E-state index is 0.969. The number of aryl methyl sites for hydroxylation is 2. The monoisotopic (exact) mass is 243 g/mol. The fourth-order valence-corrected chi connectivity index (χ4v) is 2.23. The molecule has 0 N–H and O–H groups in total. The van der Waals surface area contributed by atoms with Crippen molar-refractivity contribution in [2.45, 2.75) is 64.7 Å². The molecule has 99 valence electrons. The molecule has 0 nitrogen and oxygen atoms in total. The maximum absolute atomic E-state index is 5.40. The summed E-state index contributed by atoms with van der Waals surface area (Å²) >= 11 is 0. The number of allylic oxidation sites excluding steroid dienone is 1. The molecule has 0 spiro atoms. The summed E-state index contributed by atoms with van der Waals surface area (Å²) in [6, 6.07) is 9.04. The third kappa shape index (κ3) is 6.64. The standard InChI is InChI=1S/C18H27/c1-3-5-7-8-9-10-12-18-15-13-17(14-16-18)11-6-4-2/h2,4,13-16H,3,5-12H2,1H3. The van der Waals surface area contributed by atoms with E-state index in [1.807, 2.05) is 0 Å². The Kier molecular flexibility index (Phi) is 8.29. The van der Waals surface area contributed by atoms with Crippen LogP contribution in [0.1, 0.15) is 63.0 Å². The highest BCUT2D eigenvalue weighted by Gasteiger charge is 1.95. The van der Waals surface area contributed by atoms with Crippen LogP contribution in [0.15, 0.2) is 30.3 Å². The Balaban J connectivity index is 2.16. The molecule has 0 heterocycles. The Morgan fingerprint density at radius 1 is 0.833 bits per heavy atom. The van der Waals surface area contributed by atoms with Crippen molar-refractivity contribution in [2.24, 2.45) is 0 Å². The van der Waals surface area contributed by atoms with Crippen LogP contribution in [0.4, 0.5) is 0 Å². The molecule has 0 bridgehead atoms. The van der Waals surface area contributed by atoms with Gasteiger partial charge < -0.3 is 0 Å². The molecule has 0 aromatic heterocycles. The van der Waals surface area contributed by atoms with E-state index < -0.39 is 0 Å². The van der Waals surface area contributed by atoms with Crippen molar-refractivity contribution in [2.75, 3.05) is 0 Å². The van der Waals surface area contributed by atoms with Crippen LogP contribution in [0.25, 0.3) is 0 Å². The fourth-order valence-electron chi connectivity index (χ4n) is 2.23. The SMILES string of the molecule is [CH]=CCCc1ccc(CCCCCCCC)cc1. The molecule has 1 rings (SSSR count). The lowest BCUT2D eigenvalue weighted by molar-refractivity contribution is 0.607. The predicted molar refractivity (Wildman–Crippen MR) is 80.7 cm³/mol. The minimum Gasteiger partial charge on any atom is -0.0842 e. The summed E-state index contributed by atoms with van der Waals surface area (Å²) in [5.41, 5.74) is 2.87. The smallest absolute Gasteiger partial charge is 0.0244 e. The highest BCUT2D eigenvalue weighted by molar-refractivity contribution is 5.22. The highest BCUT2D eigenvalue weighted by atomic mass is 14.0. The Labute approximate surface area is 113 Å². The number of unbranched alkanes of at least 4 members (excludes halogenated alkanes) is 5. The average Bonchev–Trinajstić information content (AvgIpc) is 2.42. The van der Waals surface area contributed by atoms with E-state index in [0.29, 0.717) is 0 Å². The van der Waals surface area contributed by atoms with E-state index in [0.717, 1.165) is 12.8 Å². The third-order valence-electron chi connectivity index (χ3n) is 3.44. The third-order valence-corrected chi connectivity index (χ3v) is 3.44. The van der Waals surface area contributed by atoms with Gasteiger partial charge in [-0.05, 0) is 36.8 Å². The average molecular weight is 243 g/mol. The van der Waals surface area contributed by atoms with Crippen LogP contribution < -0.4 is 0 Å². The minimum absolute atomic E-state index is 0.969. The van der Waals surface area contributed by atoms with Crippen molar-refractivity contribution >= 4 is 0 Å². The first-order valence-electron chi connectivity index (χ1n) is 7.48. The normalized spacial score (nSPS) is 10.5. The molecule has 0 aliphatic rings. The lowest BCUT2D eigenvalue weighted by Crippen LogP contribution is -1.88. The first-order valence-corrected chi connectivity index (χ1v) is 7.48. The lowest BCUT2D eigenvalue weighted by Gasteiger charge is -2.04. The lowest BCUT2D eigenvalue weighted by atomic mass is 10.0. The van der Waals surface area contributed by atoms with Gasteiger partial charge in [-0.25, -0.2) is 0 Å². The largest absolute Gasteiger partial charge is 0.0842 e. The zero-order valence-electron chi connectivity index (χ0n) is 11.8. The van der Waals surface area contributed by atoms with E-state index in [4.69, 9.17) is 6.58 Å². The molecule has 0 saturated carbocycles. The number of hydrogen-bond acceptors (Lipinski definition) is 0. The molecule has 1 radical (unpaired) electrons. The molecule has 0 aliphatic carbocycles. The summed E-state index contributed by atoms with van der Waals surface area (Å²) in [5.74, 6) is 0. The van der Waals surface area contributed by atoms with Crippen molar-refractivity contribution in [3.63, 3.8) is 0 Å². The number of benzene rings is 1. The van der Waals surface area contributed by atoms with Gasteiger partial charge in [-0.3, -0.25) is 0 Å². The predicted octanol–water partition coefficient (Wildman–Crippen LogP) is 5.51. The summed E-state index contributed by atoms with van der Waals surface area (Å²) in [6.07, 6.45) is 13.3. The molecular formula is C18H27. The van der Waals surface area contributed by atoms with Gasteiger partial charge in [0.15, 0.2) is 0 Å². The van der Waals surface area contributed by atoms with Gasteiger partial charge in [-0.1, -0.05) is 75.9 Å². The molecule has 0 fully saturated rings. The number of rotatable bonds is 10. The second kappa shape index (κ2) is 9.94. The summed E-state index contributed by atoms with van der Waals surface area (Å²) in [7, 11) is 0. The molecule has 0 saturated heterocycles. The molecule has 0 unspecified atom stereocenters. The van der Waals surface area contributed by atoms with E-state index >= 15 is 0 Å². The van der Waals surface area contributed by atoms with E-state index in [9.17, 15) is 0 Å². The van der Waals surface area contributed by atoms with Crippen molar-refractivity contribution in [1.82, 2.24) is 0 Å². The van der Waals surface area contributed by atoms with E-state index in [2.05, 4.69) is 31.2 Å². The van der Waals surface area contributed by atoms with Gasteiger partial charge in [-0.2, -0.15) is 0 Å². The molecule has 1 aromatic rings. The first kappa shape index (κ1) is 15.0. The van der Waals surface area contributed by atoms with Crippen molar-refractivity contribution in [3.05, 3.63) is 48.0 Å². The molecule has 18 heavy (non-hydrogen) atoms. The van der Waals surface area contributed by atoms with Crippen LogP contribution in [0.2, 0.25) is 0 Å². The molecule has 0 atom stereocenters. The van der Waals surface area contributed by atoms with E-state index in [-0.39, 0.29) is 0 Å².